The predicted octanol–water partition coefficient (Wildman–Crippen LogP) is 3.73. The quantitative estimate of drug-likeness (QED) is 0.598. The summed E-state index contributed by atoms with van der Waals surface area (Å²) < 4.78 is 18.5. The molecule has 1 amide bonds. The molecular formula is C22H22FNO3. The molecule has 1 unspecified atom stereocenters. The highest BCUT2D eigenvalue weighted by atomic mass is 19.1. The lowest BCUT2D eigenvalue weighted by Gasteiger charge is -2.35. The second-order valence-electron chi connectivity index (χ2n) is 6.60. The maximum absolute atomic E-state index is 13.0. The molecule has 5 heteroatoms. The number of benzene rings is 2. The second kappa shape index (κ2) is 8.73. The van der Waals surface area contributed by atoms with Gasteiger partial charge in [0.1, 0.15) is 5.82 Å². The Hall–Kier alpha value is -2.79. The van der Waals surface area contributed by atoms with Crippen LogP contribution in [-0.4, -0.2) is 42.4 Å². The summed E-state index contributed by atoms with van der Waals surface area (Å²) in [5.41, 5.74) is 1.93. The fraction of sp³-hybridized carbons (Fsp3) is 0.273. The molecule has 0 bridgehead atoms. The Bertz CT molecular complexity index is 830. The third-order valence-electron chi connectivity index (χ3n) is 4.60. The van der Waals surface area contributed by atoms with E-state index in [0.717, 1.165) is 5.56 Å². The molecule has 1 saturated heterocycles. The Morgan fingerprint density at radius 2 is 1.85 bits per heavy atom. The maximum Gasteiger partial charge on any atom is 0.249 e. The van der Waals surface area contributed by atoms with Crippen LogP contribution in [0.25, 0.3) is 6.08 Å². The highest BCUT2D eigenvalue weighted by Gasteiger charge is 2.30. The van der Waals surface area contributed by atoms with Gasteiger partial charge in [-0.3, -0.25) is 9.59 Å². The molecule has 140 valence electrons. The summed E-state index contributed by atoms with van der Waals surface area (Å²) in [7, 11) is 0. The number of nitrogens with zero attached hydrogens (tertiary/aromatic N) is 1. The molecule has 3 rings (SSSR count). The Morgan fingerprint density at radius 3 is 2.56 bits per heavy atom. The topological polar surface area (TPSA) is 46.6 Å². The minimum atomic E-state index is -0.316. The van der Waals surface area contributed by atoms with Crippen LogP contribution in [-0.2, 0) is 9.53 Å². The molecule has 1 atom stereocenters. The van der Waals surface area contributed by atoms with Crippen molar-refractivity contribution in [3.05, 3.63) is 77.1 Å². The van der Waals surface area contributed by atoms with Crippen LogP contribution in [0.4, 0.5) is 4.39 Å². The van der Waals surface area contributed by atoms with Gasteiger partial charge in [-0.25, -0.2) is 4.39 Å². The molecule has 1 aliphatic rings. The van der Waals surface area contributed by atoms with Gasteiger partial charge in [0.15, 0.2) is 5.78 Å². The second-order valence-corrected chi connectivity index (χ2v) is 6.60. The summed E-state index contributed by atoms with van der Waals surface area (Å²) in [5.74, 6) is -0.457. The lowest BCUT2D eigenvalue weighted by Crippen LogP contribution is -2.49. The smallest absolute Gasteiger partial charge is 0.249 e. The number of rotatable bonds is 5. The van der Waals surface area contributed by atoms with Crippen LogP contribution in [0.15, 0.2) is 60.2 Å². The molecule has 0 radical (unpaired) electrons. The van der Waals surface area contributed by atoms with E-state index < -0.39 is 0 Å². The number of halogens is 1. The normalized spacial score (nSPS) is 17.6. The number of amides is 1. The third-order valence-corrected chi connectivity index (χ3v) is 4.60. The summed E-state index contributed by atoms with van der Waals surface area (Å²) in [4.78, 5) is 27.2. The van der Waals surface area contributed by atoms with Gasteiger partial charge in [-0.15, -0.1) is 0 Å². The number of ketones is 1. The highest BCUT2D eigenvalue weighted by molar-refractivity contribution is 5.99. The van der Waals surface area contributed by atoms with Crippen molar-refractivity contribution in [3.8, 4) is 0 Å². The Balaban J connectivity index is 1.73. The van der Waals surface area contributed by atoms with E-state index in [2.05, 4.69) is 0 Å². The Morgan fingerprint density at radius 1 is 1.15 bits per heavy atom. The van der Waals surface area contributed by atoms with Crippen molar-refractivity contribution in [2.24, 2.45) is 0 Å². The number of morpholine rings is 1. The first-order valence-corrected chi connectivity index (χ1v) is 8.95. The standard InChI is InChI=1S/C22H22FNO3/c1-16(13-17-7-9-19(23)10-8-17)22(26)24-11-12-27-15-20(24)14-21(25)18-5-3-2-4-6-18/h2-10,13,20H,11-12,14-15H2,1H3/b16-13+. The number of carbonyl (C=O) groups excluding carboxylic acids is 2. The zero-order valence-corrected chi connectivity index (χ0v) is 15.2. The van der Waals surface area contributed by atoms with Crippen molar-refractivity contribution in [1.82, 2.24) is 4.90 Å². The average Bonchev–Trinajstić information content (AvgIpc) is 2.70. The number of ether oxygens (including phenoxy) is 1. The van der Waals surface area contributed by atoms with Crippen molar-refractivity contribution in [3.63, 3.8) is 0 Å². The molecule has 27 heavy (non-hydrogen) atoms. The van der Waals surface area contributed by atoms with E-state index >= 15 is 0 Å². The van der Waals surface area contributed by atoms with Crippen LogP contribution < -0.4 is 0 Å². The van der Waals surface area contributed by atoms with E-state index in [0.29, 0.717) is 30.9 Å². The van der Waals surface area contributed by atoms with Crippen LogP contribution in [0, 0.1) is 5.82 Å². The molecule has 2 aromatic rings. The van der Waals surface area contributed by atoms with Crippen LogP contribution in [0.3, 0.4) is 0 Å². The van der Waals surface area contributed by atoms with E-state index in [1.165, 1.54) is 12.1 Å². The van der Waals surface area contributed by atoms with E-state index in [4.69, 9.17) is 4.74 Å². The fourth-order valence-corrected chi connectivity index (χ4v) is 3.14. The van der Waals surface area contributed by atoms with E-state index in [9.17, 15) is 14.0 Å². The zero-order valence-electron chi connectivity index (χ0n) is 15.2. The SMILES string of the molecule is C/C(=C\c1ccc(F)cc1)C(=O)N1CCOCC1CC(=O)c1ccccc1. The van der Waals surface area contributed by atoms with Crippen LogP contribution in [0.5, 0.6) is 0 Å². The van der Waals surface area contributed by atoms with Gasteiger partial charge in [0.05, 0.1) is 19.3 Å². The van der Waals surface area contributed by atoms with Gasteiger partial charge in [-0.1, -0.05) is 42.5 Å². The minimum Gasteiger partial charge on any atom is -0.377 e. The summed E-state index contributed by atoms with van der Waals surface area (Å²) in [6, 6.07) is 14.7. The molecule has 1 fully saturated rings. The van der Waals surface area contributed by atoms with Crippen LogP contribution >= 0.6 is 0 Å². The van der Waals surface area contributed by atoms with Gasteiger partial charge in [0.2, 0.25) is 5.91 Å². The van der Waals surface area contributed by atoms with Gasteiger partial charge in [-0.2, -0.15) is 0 Å². The maximum atomic E-state index is 13.0. The first-order valence-electron chi connectivity index (χ1n) is 8.95. The monoisotopic (exact) mass is 367 g/mol. The summed E-state index contributed by atoms with van der Waals surface area (Å²) in [6.07, 6.45) is 1.95. The molecule has 2 aromatic carbocycles. The van der Waals surface area contributed by atoms with Crippen LogP contribution in [0.1, 0.15) is 29.3 Å². The van der Waals surface area contributed by atoms with E-state index in [-0.39, 0.29) is 30.0 Å². The largest absolute Gasteiger partial charge is 0.377 e. The fourth-order valence-electron chi connectivity index (χ4n) is 3.14. The first-order chi connectivity index (χ1) is 13.0. The molecule has 4 nitrogen and oxygen atoms in total. The van der Waals surface area contributed by atoms with Gasteiger partial charge < -0.3 is 9.64 Å². The van der Waals surface area contributed by atoms with E-state index in [1.807, 2.05) is 18.2 Å². The summed E-state index contributed by atoms with van der Waals surface area (Å²) >= 11 is 0. The van der Waals surface area contributed by atoms with Crippen molar-refractivity contribution in [1.29, 1.82) is 0 Å². The van der Waals surface area contributed by atoms with Crippen LogP contribution in [0.2, 0.25) is 0 Å². The Labute approximate surface area is 158 Å². The zero-order chi connectivity index (χ0) is 19.2. The van der Waals surface area contributed by atoms with Crippen molar-refractivity contribution >= 4 is 17.8 Å². The van der Waals surface area contributed by atoms with Crippen molar-refractivity contribution in [2.45, 2.75) is 19.4 Å². The highest BCUT2D eigenvalue weighted by Crippen LogP contribution is 2.18. The number of hydrogen-bond donors (Lipinski definition) is 0. The van der Waals surface area contributed by atoms with Gasteiger partial charge in [0.25, 0.3) is 0 Å². The lowest BCUT2D eigenvalue weighted by atomic mass is 10.0. The predicted molar refractivity (Wildman–Crippen MR) is 102 cm³/mol. The number of Topliss-reactive ketones (excluding diaryl/α,β-unsaturated/α-hetero) is 1. The van der Waals surface area contributed by atoms with Gasteiger partial charge >= 0.3 is 0 Å². The van der Waals surface area contributed by atoms with Crippen molar-refractivity contribution < 1.29 is 18.7 Å². The molecule has 0 N–H and O–H groups in total. The number of hydrogen-bond acceptors (Lipinski definition) is 3. The van der Waals surface area contributed by atoms with Gasteiger partial charge in [-0.05, 0) is 30.7 Å². The molecule has 1 aliphatic heterocycles. The summed E-state index contributed by atoms with van der Waals surface area (Å²) in [6.45, 7) is 2.97. The lowest BCUT2D eigenvalue weighted by molar-refractivity contribution is -0.135. The first kappa shape index (κ1) is 19.0. The average molecular weight is 367 g/mol. The summed E-state index contributed by atoms with van der Waals surface area (Å²) in [5, 5.41) is 0. The van der Waals surface area contributed by atoms with E-state index in [1.54, 1.807) is 42.2 Å². The molecule has 1 heterocycles. The minimum absolute atomic E-state index is 0.0101. The third kappa shape index (κ3) is 4.89. The molecule has 0 aromatic heterocycles. The Kier molecular flexibility index (Phi) is 6.14. The number of carbonyl (C=O) groups is 2. The molecular weight excluding hydrogens is 345 g/mol. The molecule has 0 aliphatic carbocycles. The molecule has 0 spiro atoms. The molecule has 0 saturated carbocycles. The van der Waals surface area contributed by atoms with Gasteiger partial charge in [0, 0.05) is 24.1 Å². The van der Waals surface area contributed by atoms with Crippen molar-refractivity contribution in [2.75, 3.05) is 19.8 Å².